The lowest BCUT2D eigenvalue weighted by Crippen LogP contribution is -2.52. The number of rotatable bonds is 7. The molecule has 0 heterocycles. The molecule has 0 spiro atoms. The fourth-order valence-electron chi connectivity index (χ4n) is 6.59. The highest BCUT2D eigenvalue weighted by atomic mass is 16.4. The van der Waals surface area contributed by atoms with Crippen LogP contribution in [0.1, 0.15) is 63.4 Å². The van der Waals surface area contributed by atoms with Crippen molar-refractivity contribution in [2.45, 2.75) is 57.8 Å². The predicted octanol–water partition coefficient (Wildman–Crippen LogP) is 4.21. The zero-order chi connectivity index (χ0) is 19.0. The molecule has 1 aromatic rings. The lowest BCUT2D eigenvalue weighted by atomic mass is 9.49. The molecular weight excluding hydrogens is 338 g/mol. The van der Waals surface area contributed by atoms with Crippen molar-refractivity contribution in [1.82, 2.24) is 5.32 Å². The number of hydrogen-bond acceptors (Lipinski definition) is 2. The summed E-state index contributed by atoms with van der Waals surface area (Å²) >= 11 is 0. The molecule has 4 saturated carbocycles. The topological polar surface area (TPSA) is 66.4 Å². The molecule has 1 aromatic carbocycles. The van der Waals surface area contributed by atoms with Crippen LogP contribution in [0, 0.1) is 29.1 Å². The van der Waals surface area contributed by atoms with Gasteiger partial charge in [0.25, 0.3) is 0 Å². The van der Waals surface area contributed by atoms with Gasteiger partial charge in [-0.2, -0.15) is 0 Å². The number of nitrogens with one attached hydrogen (secondary N) is 1. The largest absolute Gasteiger partial charge is 0.481 e. The molecule has 1 amide bonds. The van der Waals surface area contributed by atoms with Crippen LogP contribution in [0.25, 0.3) is 0 Å². The first-order valence-corrected chi connectivity index (χ1v) is 10.5. The van der Waals surface area contributed by atoms with Crippen LogP contribution in [-0.4, -0.2) is 23.5 Å². The zero-order valence-corrected chi connectivity index (χ0v) is 16.2. The monoisotopic (exact) mass is 369 g/mol. The average molecular weight is 370 g/mol. The number of carbonyl (C=O) groups excluding carboxylic acids is 1. The van der Waals surface area contributed by atoms with E-state index < -0.39 is 11.9 Å². The Labute approximate surface area is 161 Å². The first-order valence-electron chi connectivity index (χ1n) is 10.5. The van der Waals surface area contributed by atoms with E-state index in [4.69, 9.17) is 0 Å². The lowest BCUT2D eigenvalue weighted by molar-refractivity contribution is -0.142. The quantitative estimate of drug-likeness (QED) is 0.756. The van der Waals surface area contributed by atoms with Gasteiger partial charge < -0.3 is 10.4 Å². The SMILES string of the molecule is C[C@@H](c1ccccc1)[C@H](CC(=O)O)C(=O)NCC12CC3CC(CC(C3)C1)C2. The fraction of sp³-hybridized carbons (Fsp3) is 0.652. The van der Waals surface area contributed by atoms with Crippen LogP contribution in [0.4, 0.5) is 0 Å². The average Bonchev–Trinajstić information content (AvgIpc) is 2.63. The Bertz CT molecular complexity index is 664. The van der Waals surface area contributed by atoms with Crippen LogP contribution in [0.5, 0.6) is 0 Å². The summed E-state index contributed by atoms with van der Waals surface area (Å²) in [7, 11) is 0. The zero-order valence-electron chi connectivity index (χ0n) is 16.2. The molecule has 4 bridgehead atoms. The summed E-state index contributed by atoms with van der Waals surface area (Å²) in [6.07, 6.45) is 7.79. The highest BCUT2D eigenvalue weighted by Crippen LogP contribution is 2.59. The van der Waals surface area contributed by atoms with E-state index in [1.165, 1.54) is 38.5 Å². The molecule has 0 aromatic heterocycles. The van der Waals surface area contributed by atoms with Crippen molar-refractivity contribution in [1.29, 1.82) is 0 Å². The molecule has 0 radical (unpaired) electrons. The molecule has 4 heteroatoms. The van der Waals surface area contributed by atoms with Gasteiger partial charge >= 0.3 is 5.97 Å². The van der Waals surface area contributed by atoms with Gasteiger partial charge in [0.2, 0.25) is 5.91 Å². The van der Waals surface area contributed by atoms with Gasteiger partial charge in [0, 0.05) is 6.54 Å². The number of amides is 1. The van der Waals surface area contributed by atoms with Crippen molar-refractivity contribution >= 4 is 11.9 Å². The number of carboxylic acid groups (broad SMARTS) is 1. The van der Waals surface area contributed by atoms with E-state index in [0.29, 0.717) is 0 Å². The van der Waals surface area contributed by atoms with Crippen molar-refractivity contribution in [3.63, 3.8) is 0 Å². The van der Waals surface area contributed by atoms with E-state index in [-0.39, 0.29) is 23.7 Å². The van der Waals surface area contributed by atoms with Gasteiger partial charge in [0.05, 0.1) is 12.3 Å². The van der Waals surface area contributed by atoms with Crippen LogP contribution in [0.3, 0.4) is 0 Å². The highest BCUT2D eigenvalue weighted by Gasteiger charge is 2.50. The van der Waals surface area contributed by atoms with Crippen molar-refractivity contribution in [3.8, 4) is 0 Å². The Balaban J connectivity index is 1.43. The molecule has 0 aliphatic heterocycles. The number of benzene rings is 1. The summed E-state index contributed by atoms with van der Waals surface area (Å²) in [5.41, 5.74) is 1.29. The summed E-state index contributed by atoms with van der Waals surface area (Å²) in [5, 5.41) is 12.5. The smallest absolute Gasteiger partial charge is 0.304 e. The molecular formula is C23H31NO3. The van der Waals surface area contributed by atoms with Gasteiger partial charge in [-0.3, -0.25) is 9.59 Å². The van der Waals surface area contributed by atoms with Crippen LogP contribution >= 0.6 is 0 Å². The first-order chi connectivity index (χ1) is 12.9. The molecule has 5 rings (SSSR count). The van der Waals surface area contributed by atoms with Gasteiger partial charge in [-0.15, -0.1) is 0 Å². The minimum Gasteiger partial charge on any atom is -0.481 e. The van der Waals surface area contributed by atoms with Crippen molar-refractivity contribution < 1.29 is 14.7 Å². The van der Waals surface area contributed by atoms with E-state index in [1.807, 2.05) is 37.3 Å². The number of aliphatic carboxylic acids is 1. The fourth-order valence-corrected chi connectivity index (χ4v) is 6.59. The second-order valence-corrected chi connectivity index (χ2v) is 9.54. The van der Waals surface area contributed by atoms with Crippen LogP contribution in [0.2, 0.25) is 0 Å². The van der Waals surface area contributed by atoms with Gasteiger partial charge in [0.15, 0.2) is 0 Å². The maximum atomic E-state index is 13.0. The molecule has 2 N–H and O–H groups in total. The Hall–Kier alpha value is -1.84. The minimum atomic E-state index is -0.910. The maximum absolute atomic E-state index is 13.0. The normalized spacial score (nSPS) is 33.4. The van der Waals surface area contributed by atoms with Gasteiger partial charge in [-0.25, -0.2) is 0 Å². The standard InChI is InChI=1S/C23H31NO3/c1-15(19-5-3-2-4-6-19)20(10-21(25)26)22(27)24-14-23-11-16-7-17(12-23)9-18(8-16)13-23/h2-6,15-18,20H,7-14H2,1H3,(H,24,27)(H,25,26)/t15-,16?,17?,18?,20-,23?/m0/s1. The minimum absolute atomic E-state index is 0.0931. The first kappa shape index (κ1) is 18.5. The molecule has 4 aliphatic rings. The summed E-state index contributed by atoms with van der Waals surface area (Å²) < 4.78 is 0. The molecule has 146 valence electrons. The highest BCUT2D eigenvalue weighted by molar-refractivity contribution is 5.84. The van der Waals surface area contributed by atoms with Gasteiger partial charge in [0.1, 0.15) is 0 Å². The van der Waals surface area contributed by atoms with E-state index >= 15 is 0 Å². The van der Waals surface area contributed by atoms with Crippen molar-refractivity contribution in [2.75, 3.05) is 6.54 Å². The third-order valence-corrected chi connectivity index (χ3v) is 7.46. The molecule has 0 saturated heterocycles. The second kappa shape index (κ2) is 7.29. The summed E-state index contributed by atoms with van der Waals surface area (Å²) in [6.45, 7) is 2.69. The lowest BCUT2D eigenvalue weighted by Gasteiger charge is -2.57. The Morgan fingerprint density at radius 1 is 1.07 bits per heavy atom. The molecule has 4 aliphatic carbocycles. The third kappa shape index (κ3) is 3.90. The van der Waals surface area contributed by atoms with Crippen LogP contribution < -0.4 is 5.32 Å². The molecule has 4 fully saturated rings. The number of carbonyl (C=O) groups is 2. The van der Waals surface area contributed by atoms with E-state index in [9.17, 15) is 14.7 Å². The molecule has 2 atom stereocenters. The molecule has 0 unspecified atom stereocenters. The maximum Gasteiger partial charge on any atom is 0.304 e. The number of carboxylic acids is 1. The summed E-state index contributed by atoms with van der Waals surface area (Å²) in [6, 6.07) is 9.78. The van der Waals surface area contributed by atoms with Gasteiger partial charge in [-0.1, -0.05) is 37.3 Å². The Kier molecular flexibility index (Phi) is 5.00. The van der Waals surface area contributed by atoms with E-state index in [1.54, 1.807) is 0 Å². The second-order valence-electron chi connectivity index (χ2n) is 9.54. The molecule has 4 nitrogen and oxygen atoms in total. The predicted molar refractivity (Wildman–Crippen MR) is 104 cm³/mol. The summed E-state index contributed by atoms with van der Waals surface area (Å²) in [4.78, 5) is 24.4. The Morgan fingerprint density at radius 3 is 2.15 bits per heavy atom. The summed E-state index contributed by atoms with van der Waals surface area (Å²) in [5.74, 6) is 0.915. The van der Waals surface area contributed by atoms with Gasteiger partial charge in [-0.05, 0) is 73.2 Å². The van der Waals surface area contributed by atoms with Crippen LogP contribution in [0.15, 0.2) is 30.3 Å². The number of hydrogen-bond donors (Lipinski definition) is 2. The molecule has 27 heavy (non-hydrogen) atoms. The van der Waals surface area contributed by atoms with E-state index in [0.717, 1.165) is 29.9 Å². The van der Waals surface area contributed by atoms with Crippen LogP contribution in [-0.2, 0) is 9.59 Å². The Morgan fingerprint density at radius 2 is 1.63 bits per heavy atom. The van der Waals surface area contributed by atoms with Crippen molar-refractivity contribution in [2.24, 2.45) is 29.1 Å². The van der Waals surface area contributed by atoms with E-state index in [2.05, 4.69) is 5.32 Å². The van der Waals surface area contributed by atoms with Crippen molar-refractivity contribution in [3.05, 3.63) is 35.9 Å². The third-order valence-electron chi connectivity index (χ3n) is 7.46.